The van der Waals surface area contributed by atoms with E-state index < -0.39 is 0 Å². The first-order valence-corrected chi connectivity index (χ1v) is 7.55. The molecule has 4 heteroatoms. The number of rotatable bonds is 3. The lowest BCUT2D eigenvalue weighted by atomic mass is 9.88. The Kier molecular flexibility index (Phi) is 5.12. The number of carbonyl (C=O) groups excluding carboxylic acids is 1. The van der Waals surface area contributed by atoms with Crippen molar-refractivity contribution in [2.45, 2.75) is 45.6 Å². The zero-order valence-electron chi connectivity index (χ0n) is 11.1. The molecule has 1 aromatic rings. The molecule has 1 aliphatic rings. The van der Waals surface area contributed by atoms with E-state index in [0.717, 1.165) is 24.0 Å². The zero-order valence-corrected chi connectivity index (χ0v) is 12.7. The third-order valence-electron chi connectivity index (χ3n) is 3.80. The first-order valence-electron chi connectivity index (χ1n) is 6.80. The minimum absolute atomic E-state index is 0.158. The van der Waals surface area contributed by atoms with Crippen molar-refractivity contribution in [3.05, 3.63) is 33.3 Å². The van der Waals surface area contributed by atoms with Crippen LogP contribution >= 0.6 is 23.2 Å². The van der Waals surface area contributed by atoms with E-state index in [0.29, 0.717) is 16.6 Å². The molecule has 1 fully saturated rings. The quantitative estimate of drug-likeness (QED) is 0.875. The van der Waals surface area contributed by atoms with Crippen LogP contribution in [-0.2, 0) is 11.3 Å². The van der Waals surface area contributed by atoms with E-state index in [4.69, 9.17) is 23.2 Å². The van der Waals surface area contributed by atoms with Gasteiger partial charge in [0.1, 0.15) is 0 Å². The number of carbonyl (C=O) groups is 1. The highest BCUT2D eigenvalue weighted by Crippen LogP contribution is 2.26. The second kappa shape index (κ2) is 6.62. The third-order valence-corrected chi connectivity index (χ3v) is 4.35. The summed E-state index contributed by atoms with van der Waals surface area (Å²) >= 11 is 12.1. The van der Waals surface area contributed by atoms with Crippen LogP contribution in [-0.4, -0.2) is 5.91 Å². The van der Waals surface area contributed by atoms with Crippen LogP contribution in [0.5, 0.6) is 0 Å². The van der Waals surface area contributed by atoms with Crippen LogP contribution in [0, 0.1) is 12.8 Å². The largest absolute Gasteiger partial charge is 0.352 e. The predicted octanol–water partition coefficient (Wildman–Crippen LogP) is 4.50. The zero-order chi connectivity index (χ0) is 13.8. The minimum Gasteiger partial charge on any atom is -0.352 e. The Morgan fingerprint density at radius 3 is 2.58 bits per heavy atom. The fourth-order valence-corrected chi connectivity index (χ4v) is 3.30. The second-order valence-corrected chi connectivity index (χ2v) is 6.08. The van der Waals surface area contributed by atoms with Crippen molar-refractivity contribution in [2.75, 3.05) is 0 Å². The lowest BCUT2D eigenvalue weighted by Crippen LogP contribution is -2.31. The molecule has 0 spiro atoms. The van der Waals surface area contributed by atoms with Gasteiger partial charge in [-0.3, -0.25) is 4.79 Å². The molecule has 104 valence electrons. The summed E-state index contributed by atoms with van der Waals surface area (Å²) in [5, 5.41) is 4.25. The fraction of sp³-hybridized carbons (Fsp3) is 0.533. The summed E-state index contributed by atoms with van der Waals surface area (Å²) in [7, 11) is 0. The first kappa shape index (κ1) is 14.7. The molecule has 1 N–H and O–H groups in total. The SMILES string of the molecule is Cc1cc(Cl)cc(Cl)c1CNC(=O)C1CCCCC1. The third kappa shape index (κ3) is 3.87. The van der Waals surface area contributed by atoms with Crippen molar-refractivity contribution in [3.8, 4) is 0 Å². The predicted molar refractivity (Wildman–Crippen MR) is 79.6 cm³/mol. The summed E-state index contributed by atoms with van der Waals surface area (Å²) in [4.78, 5) is 12.1. The Morgan fingerprint density at radius 2 is 1.95 bits per heavy atom. The van der Waals surface area contributed by atoms with Crippen LogP contribution in [0.3, 0.4) is 0 Å². The maximum absolute atomic E-state index is 12.1. The number of aryl methyl sites for hydroxylation is 1. The molecule has 1 aliphatic carbocycles. The lowest BCUT2D eigenvalue weighted by Gasteiger charge is -2.21. The molecule has 0 heterocycles. The average Bonchev–Trinajstić information content (AvgIpc) is 2.38. The van der Waals surface area contributed by atoms with Gasteiger partial charge in [0, 0.05) is 22.5 Å². The number of halogens is 2. The molecule has 0 bridgehead atoms. The van der Waals surface area contributed by atoms with Gasteiger partial charge in [-0.25, -0.2) is 0 Å². The molecule has 0 saturated heterocycles. The van der Waals surface area contributed by atoms with Gasteiger partial charge in [-0.1, -0.05) is 42.5 Å². The van der Waals surface area contributed by atoms with E-state index in [2.05, 4.69) is 5.32 Å². The molecule has 2 nitrogen and oxygen atoms in total. The molecule has 2 rings (SSSR count). The summed E-state index contributed by atoms with van der Waals surface area (Å²) < 4.78 is 0. The Bertz CT molecular complexity index is 444. The van der Waals surface area contributed by atoms with Gasteiger partial charge < -0.3 is 5.32 Å². The van der Waals surface area contributed by atoms with Crippen LogP contribution in [0.25, 0.3) is 0 Å². The molecule has 19 heavy (non-hydrogen) atoms. The van der Waals surface area contributed by atoms with Crippen LogP contribution in [0.15, 0.2) is 12.1 Å². The van der Waals surface area contributed by atoms with E-state index in [-0.39, 0.29) is 11.8 Å². The van der Waals surface area contributed by atoms with E-state index >= 15 is 0 Å². The summed E-state index contributed by atoms with van der Waals surface area (Å²) in [6, 6.07) is 3.59. The van der Waals surface area contributed by atoms with E-state index in [1.54, 1.807) is 6.07 Å². The fourth-order valence-electron chi connectivity index (χ4n) is 2.64. The standard InChI is InChI=1S/C15H19Cl2NO/c1-10-7-12(16)8-14(17)13(10)9-18-15(19)11-5-3-2-4-6-11/h7-8,11H,2-6,9H2,1H3,(H,18,19). The Morgan fingerprint density at radius 1 is 1.26 bits per heavy atom. The summed E-state index contributed by atoms with van der Waals surface area (Å²) in [5.41, 5.74) is 1.97. The van der Waals surface area contributed by atoms with Crippen molar-refractivity contribution < 1.29 is 4.79 Å². The normalized spacial score (nSPS) is 16.4. The molecule has 0 aliphatic heterocycles. The average molecular weight is 300 g/mol. The molecule has 0 radical (unpaired) electrons. The highest BCUT2D eigenvalue weighted by Gasteiger charge is 2.21. The van der Waals surface area contributed by atoms with Crippen molar-refractivity contribution in [2.24, 2.45) is 5.92 Å². The number of benzene rings is 1. The summed E-state index contributed by atoms with van der Waals surface area (Å²) in [6.07, 6.45) is 5.61. The van der Waals surface area contributed by atoms with E-state index in [1.165, 1.54) is 19.3 Å². The van der Waals surface area contributed by atoms with Crippen molar-refractivity contribution in [3.63, 3.8) is 0 Å². The molecular formula is C15H19Cl2NO. The Labute approximate surface area is 124 Å². The summed E-state index contributed by atoms with van der Waals surface area (Å²) in [5.74, 6) is 0.338. The van der Waals surface area contributed by atoms with E-state index in [9.17, 15) is 4.79 Å². The van der Waals surface area contributed by atoms with Gasteiger partial charge in [-0.2, -0.15) is 0 Å². The number of amides is 1. The van der Waals surface area contributed by atoms with Gasteiger partial charge in [-0.05, 0) is 43.0 Å². The van der Waals surface area contributed by atoms with Crippen LogP contribution < -0.4 is 5.32 Å². The van der Waals surface area contributed by atoms with Gasteiger partial charge in [0.15, 0.2) is 0 Å². The van der Waals surface area contributed by atoms with Gasteiger partial charge in [0.25, 0.3) is 0 Å². The number of hydrogen-bond acceptors (Lipinski definition) is 1. The van der Waals surface area contributed by atoms with Crippen molar-refractivity contribution in [1.82, 2.24) is 5.32 Å². The lowest BCUT2D eigenvalue weighted by molar-refractivity contribution is -0.126. The molecular weight excluding hydrogens is 281 g/mol. The molecule has 0 unspecified atom stereocenters. The topological polar surface area (TPSA) is 29.1 Å². The maximum Gasteiger partial charge on any atom is 0.223 e. The van der Waals surface area contributed by atoms with Crippen molar-refractivity contribution >= 4 is 29.1 Å². The van der Waals surface area contributed by atoms with Crippen LogP contribution in [0.4, 0.5) is 0 Å². The monoisotopic (exact) mass is 299 g/mol. The molecule has 1 amide bonds. The van der Waals surface area contributed by atoms with Crippen LogP contribution in [0.1, 0.15) is 43.2 Å². The number of hydrogen-bond donors (Lipinski definition) is 1. The van der Waals surface area contributed by atoms with E-state index in [1.807, 2.05) is 13.0 Å². The first-order chi connectivity index (χ1) is 9.08. The van der Waals surface area contributed by atoms with Gasteiger partial charge in [0.05, 0.1) is 0 Å². The highest BCUT2D eigenvalue weighted by molar-refractivity contribution is 6.35. The summed E-state index contributed by atoms with van der Waals surface area (Å²) in [6.45, 7) is 2.44. The van der Waals surface area contributed by atoms with Crippen LogP contribution in [0.2, 0.25) is 10.0 Å². The molecule has 0 atom stereocenters. The Hall–Kier alpha value is -0.730. The number of nitrogens with one attached hydrogen (secondary N) is 1. The Balaban J connectivity index is 1.96. The smallest absolute Gasteiger partial charge is 0.223 e. The minimum atomic E-state index is 0.158. The maximum atomic E-state index is 12.1. The van der Waals surface area contributed by atoms with Gasteiger partial charge in [-0.15, -0.1) is 0 Å². The molecule has 1 saturated carbocycles. The second-order valence-electron chi connectivity index (χ2n) is 5.24. The van der Waals surface area contributed by atoms with Crippen molar-refractivity contribution in [1.29, 1.82) is 0 Å². The molecule has 1 aromatic carbocycles. The molecule has 0 aromatic heterocycles. The van der Waals surface area contributed by atoms with Gasteiger partial charge >= 0.3 is 0 Å². The van der Waals surface area contributed by atoms with Gasteiger partial charge in [0.2, 0.25) is 5.91 Å². The highest BCUT2D eigenvalue weighted by atomic mass is 35.5.